The number of amides is 2. The molecule has 1 aliphatic heterocycles. The summed E-state index contributed by atoms with van der Waals surface area (Å²) in [6, 6.07) is 6.61. The van der Waals surface area contributed by atoms with Gasteiger partial charge < -0.3 is 19.4 Å². The molecule has 6 nitrogen and oxygen atoms in total. The molecule has 0 radical (unpaired) electrons. The van der Waals surface area contributed by atoms with Gasteiger partial charge in [0.15, 0.2) is 23.3 Å². The molecule has 1 fully saturated rings. The van der Waals surface area contributed by atoms with Crippen LogP contribution in [-0.4, -0.2) is 43.0 Å². The van der Waals surface area contributed by atoms with Crippen LogP contribution >= 0.6 is 0 Å². The summed E-state index contributed by atoms with van der Waals surface area (Å²) in [6.45, 7) is 1.25. The van der Waals surface area contributed by atoms with Gasteiger partial charge in [0, 0.05) is 18.5 Å². The average Bonchev–Trinajstić information content (AvgIpc) is 3.13. The molecule has 1 aliphatic rings. The first-order chi connectivity index (χ1) is 14.4. The number of nitrogens with zero attached hydrogens (tertiary/aromatic N) is 1. The fourth-order valence-electron chi connectivity index (χ4n) is 3.15. The normalized spacial score (nSPS) is 14.2. The van der Waals surface area contributed by atoms with Crippen LogP contribution < -0.4 is 5.32 Å². The Morgan fingerprint density at radius 2 is 1.67 bits per heavy atom. The molecule has 0 bridgehead atoms. The first-order valence-corrected chi connectivity index (χ1v) is 8.91. The van der Waals surface area contributed by atoms with Gasteiger partial charge in [-0.05, 0) is 18.2 Å². The zero-order chi connectivity index (χ0) is 21.4. The fourth-order valence-corrected chi connectivity index (χ4v) is 3.15. The van der Waals surface area contributed by atoms with E-state index < -0.39 is 40.6 Å². The minimum absolute atomic E-state index is 0.0865. The number of benzene rings is 2. The predicted molar refractivity (Wildman–Crippen MR) is 97.2 cm³/mol. The van der Waals surface area contributed by atoms with E-state index in [2.05, 4.69) is 5.32 Å². The zero-order valence-electron chi connectivity index (χ0n) is 15.3. The van der Waals surface area contributed by atoms with Crippen LogP contribution in [0.5, 0.6) is 0 Å². The molecule has 10 heteroatoms. The smallest absolute Gasteiger partial charge is 0.291 e. The van der Waals surface area contributed by atoms with Crippen LogP contribution in [0.3, 0.4) is 0 Å². The molecule has 2 amide bonds. The number of morpholine rings is 1. The van der Waals surface area contributed by atoms with E-state index in [1.807, 2.05) is 0 Å². The van der Waals surface area contributed by atoms with E-state index in [9.17, 15) is 27.2 Å². The first-order valence-electron chi connectivity index (χ1n) is 8.91. The van der Waals surface area contributed by atoms with Gasteiger partial charge in [0.05, 0.1) is 18.8 Å². The Morgan fingerprint density at radius 3 is 2.40 bits per heavy atom. The van der Waals surface area contributed by atoms with Gasteiger partial charge in [0.1, 0.15) is 11.3 Å². The van der Waals surface area contributed by atoms with Crippen molar-refractivity contribution in [2.45, 2.75) is 0 Å². The van der Waals surface area contributed by atoms with E-state index >= 15 is 0 Å². The number of fused-ring (bicyclic) bond motifs is 1. The van der Waals surface area contributed by atoms with Crippen molar-refractivity contribution in [2.24, 2.45) is 0 Å². The molecule has 0 saturated carbocycles. The topological polar surface area (TPSA) is 71.8 Å². The third-order valence-corrected chi connectivity index (χ3v) is 4.67. The Morgan fingerprint density at radius 1 is 0.967 bits per heavy atom. The van der Waals surface area contributed by atoms with Crippen molar-refractivity contribution in [3.8, 4) is 0 Å². The number of nitrogens with one attached hydrogen (secondary N) is 1. The number of carbonyl (C=O) groups is 2. The standard InChI is InChI=1S/C20H14F4N2O4/c21-12-9-11(14(22)16(24)15(12)23)19(27)25-17-10-3-1-2-4-13(10)30-18(17)20(28)26-5-7-29-8-6-26/h1-4,9H,5-8H2,(H,25,27). The van der Waals surface area contributed by atoms with E-state index in [1.54, 1.807) is 24.3 Å². The van der Waals surface area contributed by atoms with Crippen molar-refractivity contribution >= 4 is 28.5 Å². The molecule has 1 N–H and O–H groups in total. The van der Waals surface area contributed by atoms with Crippen LogP contribution in [0, 0.1) is 23.3 Å². The molecule has 1 saturated heterocycles. The second kappa shape index (κ2) is 7.79. The number of furan rings is 1. The lowest BCUT2D eigenvalue weighted by Gasteiger charge is -2.26. The third kappa shape index (κ3) is 3.39. The largest absolute Gasteiger partial charge is 0.449 e. The van der Waals surface area contributed by atoms with Gasteiger partial charge in [-0.25, -0.2) is 17.6 Å². The Hall–Kier alpha value is -3.40. The predicted octanol–water partition coefficient (Wildman–Crippen LogP) is 3.71. The van der Waals surface area contributed by atoms with E-state index in [0.29, 0.717) is 31.7 Å². The van der Waals surface area contributed by atoms with Gasteiger partial charge in [-0.3, -0.25) is 9.59 Å². The van der Waals surface area contributed by atoms with Crippen molar-refractivity contribution in [2.75, 3.05) is 31.6 Å². The Bertz CT molecular complexity index is 1160. The van der Waals surface area contributed by atoms with Gasteiger partial charge in [-0.2, -0.15) is 0 Å². The van der Waals surface area contributed by atoms with Crippen molar-refractivity contribution in [1.29, 1.82) is 0 Å². The number of hydrogen-bond acceptors (Lipinski definition) is 4. The van der Waals surface area contributed by atoms with E-state index in [1.165, 1.54) is 4.90 Å². The Kier molecular flexibility index (Phi) is 5.17. The second-order valence-electron chi connectivity index (χ2n) is 6.51. The second-order valence-corrected chi connectivity index (χ2v) is 6.51. The van der Waals surface area contributed by atoms with Crippen LogP contribution in [0.1, 0.15) is 20.9 Å². The maximum atomic E-state index is 14.0. The summed E-state index contributed by atoms with van der Waals surface area (Å²) in [7, 11) is 0. The number of carbonyl (C=O) groups excluding carboxylic acids is 2. The molecule has 4 rings (SSSR count). The number of ether oxygens (including phenoxy) is 1. The van der Waals surface area contributed by atoms with Crippen LogP contribution in [0.15, 0.2) is 34.7 Å². The Labute approximate surface area is 167 Å². The first kappa shape index (κ1) is 19.9. The van der Waals surface area contributed by atoms with E-state index in [4.69, 9.17) is 9.15 Å². The highest BCUT2D eigenvalue weighted by Crippen LogP contribution is 2.33. The number of para-hydroxylation sites is 1. The number of halogens is 4. The molecule has 0 aliphatic carbocycles. The van der Waals surface area contributed by atoms with Crippen molar-refractivity contribution < 1.29 is 36.3 Å². The number of rotatable bonds is 3. The summed E-state index contributed by atoms with van der Waals surface area (Å²) in [5.74, 6) is -9.74. The van der Waals surface area contributed by atoms with Crippen molar-refractivity contribution in [1.82, 2.24) is 4.90 Å². The summed E-state index contributed by atoms with van der Waals surface area (Å²) in [6.07, 6.45) is 0. The molecule has 30 heavy (non-hydrogen) atoms. The molecule has 2 aromatic carbocycles. The number of hydrogen-bond donors (Lipinski definition) is 1. The minimum Gasteiger partial charge on any atom is -0.449 e. The molecule has 0 spiro atoms. The summed E-state index contributed by atoms with van der Waals surface area (Å²) >= 11 is 0. The van der Waals surface area contributed by atoms with Gasteiger partial charge in [-0.1, -0.05) is 12.1 Å². The van der Waals surface area contributed by atoms with Crippen molar-refractivity contribution in [3.63, 3.8) is 0 Å². The molecule has 3 aromatic rings. The van der Waals surface area contributed by atoms with Crippen LogP contribution in [0.25, 0.3) is 11.0 Å². The van der Waals surface area contributed by atoms with Gasteiger partial charge in [-0.15, -0.1) is 0 Å². The monoisotopic (exact) mass is 422 g/mol. The Balaban J connectivity index is 1.75. The SMILES string of the molecule is O=C(Nc1c(C(=O)N2CCOCC2)oc2ccccc12)c1cc(F)c(F)c(F)c1F. The average molecular weight is 422 g/mol. The zero-order valence-corrected chi connectivity index (χ0v) is 15.3. The molecule has 156 valence electrons. The molecule has 1 aromatic heterocycles. The molecule has 2 heterocycles. The maximum Gasteiger partial charge on any atom is 0.291 e. The molecule has 0 atom stereocenters. The highest BCUT2D eigenvalue weighted by atomic mass is 19.2. The van der Waals surface area contributed by atoms with Crippen LogP contribution in [-0.2, 0) is 4.74 Å². The molecular weight excluding hydrogens is 408 g/mol. The highest BCUT2D eigenvalue weighted by Gasteiger charge is 2.29. The lowest BCUT2D eigenvalue weighted by molar-refractivity contribution is 0.0285. The van der Waals surface area contributed by atoms with Crippen LogP contribution in [0.4, 0.5) is 23.2 Å². The fraction of sp³-hybridized carbons (Fsp3) is 0.200. The van der Waals surface area contributed by atoms with Crippen molar-refractivity contribution in [3.05, 3.63) is 64.9 Å². The summed E-state index contributed by atoms with van der Waals surface area (Å²) in [4.78, 5) is 26.9. The van der Waals surface area contributed by atoms with Gasteiger partial charge in [0.25, 0.3) is 11.8 Å². The maximum absolute atomic E-state index is 14.0. The summed E-state index contributed by atoms with van der Waals surface area (Å²) in [5, 5.41) is 2.60. The summed E-state index contributed by atoms with van der Waals surface area (Å²) in [5.41, 5.74) is -0.876. The highest BCUT2D eigenvalue weighted by molar-refractivity contribution is 6.14. The van der Waals surface area contributed by atoms with Crippen LogP contribution in [0.2, 0.25) is 0 Å². The lowest BCUT2D eigenvalue weighted by atomic mass is 10.1. The molecular formula is C20H14F4N2O4. The summed E-state index contributed by atoms with van der Waals surface area (Å²) < 4.78 is 65.1. The van der Waals surface area contributed by atoms with Gasteiger partial charge >= 0.3 is 0 Å². The quantitative estimate of drug-likeness (QED) is 0.397. The number of anilines is 1. The lowest BCUT2D eigenvalue weighted by Crippen LogP contribution is -2.40. The minimum atomic E-state index is -2.11. The van der Waals surface area contributed by atoms with E-state index in [0.717, 1.165) is 0 Å². The third-order valence-electron chi connectivity index (χ3n) is 4.67. The van der Waals surface area contributed by atoms with Gasteiger partial charge in [0.2, 0.25) is 5.76 Å². The van der Waals surface area contributed by atoms with E-state index in [-0.39, 0.29) is 23.1 Å². The molecule has 0 unspecified atom stereocenters.